The molecule has 1 heterocycles. The number of aliphatic hydroxyl groups excluding tert-OH is 5. The number of amides is 1. The van der Waals surface area contributed by atoms with Gasteiger partial charge in [0.1, 0.15) is 24.4 Å². The van der Waals surface area contributed by atoms with Gasteiger partial charge in [-0.15, -0.1) is 0 Å². The lowest BCUT2D eigenvalue weighted by molar-refractivity contribution is -0.302. The van der Waals surface area contributed by atoms with Gasteiger partial charge in [-0.25, -0.2) is 0 Å². The SMILES string of the molecule is CCCCCCC/C=C/CC/C=C/CC/C=C/C(O)C(COC1OC(CO)C(O)C(O)C1O)NC(=O)CCCCCCCCCCCCCCCCCCCCC/C=C\CCCCCCCCCC. The Labute approximate surface area is 424 Å². The van der Waals surface area contributed by atoms with Crippen molar-refractivity contribution in [1.29, 1.82) is 0 Å². The first-order valence-corrected chi connectivity index (χ1v) is 29.4. The highest BCUT2D eigenvalue weighted by atomic mass is 16.7. The van der Waals surface area contributed by atoms with Gasteiger partial charge in [0.05, 0.1) is 25.4 Å². The Morgan fingerprint density at radius 2 is 0.826 bits per heavy atom. The lowest BCUT2D eigenvalue weighted by atomic mass is 9.99. The summed E-state index contributed by atoms with van der Waals surface area (Å²) in [4.78, 5) is 13.0. The van der Waals surface area contributed by atoms with Crippen LogP contribution in [-0.4, -0.2) is 87.5 Å². The van der Waals surface area contributed by atoms with Crippen LogP contribution in [0.5, 0.6) is 0 Å². The zero-order chi connectivity index (χ0) is 50.1. The van der Waals surface area contributed by atoms with Crippen molar-refractivity contribution in [3.63, 3.8) is 0 Å². The van der Waals surface area contributed by atoms with Crippen molar-refractivity contribution in [3.8, 4) is 0 Å². The highest BCUT2D eigenvalue weighted by Crippen LogP contribution is 2.23. The number of hydrogen-bond donors (Lipinski definition) is 6. The van der Waals surface area contributed by atoms with Gasteiger partial charge in [-0.3, -0.25) is 4.79 Å². The first-order valence-electron chi connectivity index (χ1n) is 29.4. The molecule has 6 N–H and O–H groups in total. The van der Waals surface area contributed by atoms with E-state index in [0.29, 0.717) is 6.42 Å². The maximum Gasteiger partial charge on any atom is 0.220 e. The minimum absolute atomic E-state index is 0.188. The predicted octanol–water partition coefficient (Wildman–Crippen LogP) is 14.5. The third-order valence-corrected chi connectivity index (χ3v) is 13.9. The van der Waals surface area contributed by atoms with E-state index >= 15 is 0 Å². The largest absolute Gasteiger partial charge is 0.394 e. The molecule has 1 fully saturated rings. The Kier molecular flexibility index (Phi) is 47.0. The lowest BCUT2D eigenvalue weighted by Gasteiger charge is -2.40. The van der Waals surface area contributed by atoms with Crippen LogP contribution < -0.4 is 5.32 Å². The second-order valence-corrected chi connectivity index (χ2v) is 20.4. The van der Waals surface area contributed by atoms with Crippen molar-refractivity contribution >= 4 is 5.91 Å². The second kappa shape index (κ2) is 49.7. The fraction of sp³-hybridized carbons (Fsp3) is 0.850. The summed E-state index contributed by atoms with van der Waals surface area (Å²) in [5.41, 5.74) is 0. The van der Waals surface area contributed by atoms with Crippen LogP contribution in [0.25, 0.3) is 0 Å². The maximum absolute atomic E-state index is 13.0. The summed E-state index contributed by atoms with van der Waals surface area (Å²) in [5, 5.41) is 54.4. The number of nitrogens with one attached hydrogen (secondary N) is 1. The van der Waals surface area contributed by atoms with E-state index in [-0.39, 0.29) is 12.5 Å². The number of aliphatic hydroxyl groups is 5. The van der Waals surface area contributed by atoms with Crippen LogP contribution in [0.4, 0.5) is 0 Å². The Balaban J connectivity index is 2.16. The number of ether oxygens (including phenoxy) is 2. The summed E-state index contributed by atoms with van der Waals surface area (Å²) in [5.74, 6) is -0.188. The Morgan fingerprint density at radius 1 is 0.478 bits per heavy atom. The molecule has 1 rings (SSSR count). The number of unbranched alkanes of at least 4 members (excludes halogenated alkanes) is 34. The standard InChI is InChI=1S/C60H111NO8/c1-3-5-7-9-11-13-15-17-19-20-21-22-23-24-25-26-27-28-29-30-31-32-33-34-36-38-40-42-44-46-48-50-56(64)61-53(52-68-60-59(67)58(66)57(65)55(51-62)69-60)54(63)49-47-45-43-41-39-37-35-18-16-14-12-10-8-6-4-2/h16,18,20-21,39,41,47,49,53-55,57-60,62-63,65-67H,3-15,17,19,22-38,40,42-46,48,50-52H2,1-2H3,(H,61,64)/b18-16+,21-20-,41-39+,49-47+. The van der Waals surface area contributed by atoms with E-state index in [1.165, 1.54) is 199 Å². The molecule has 0 radical (unpaired) electrons. The molecule has 7 unspecified atom stereocenters. The van der Waals surface area contributed by atoms with Gasteiger partial charge in [-0.1, -0.05) is 242 Å². The van der Waals surface area contributed by atoms with E-state index in [1.54, 1.807) is 6.08 Å². The molecule has 0 aromatic carbocycles. The van der Waals surface area contributed by atoms with Crippen molar-refractivity contribution in [2.75, 3.05) is 13.2 Å². The molecule has 1 amide bonds. The maximum atomic E-state index is 13.0. The van der Waals surface area contributed by atoms with E-state index in [2.05, 4.69) is 55.6 Å². The molecular weight excluding hydrogens is 863 g/mol. The lowest BCUT2D eigenvalue weighted by Crippen LogP contribution is -2.60. The molecular formula is C60H111NO8. The molecule has 404 valence electrons. The minimum atomic E-state index is -1.57. The van der Waals surface area contributed by atoms with Crippen LogP contribution in [0.15, 0.2) is 48.6 Å². The van der Waals surface area contributed by atoms with Crippen molar-refractivity contribution in [3.05, 3.63) is 48.6 Å². The number of carbonyl (C=O) groups excluding carboxylic acids is 1. The number of hydrogen-bond acceptors (Lipinski definition) is 8. The van der Waals surface area contributed by atoms with Crippen LogP contribution in [0, 0.1) is 0 Å². The third kappa shape index (κ3) is 39.4. The predicted molar refractivity (Wildman–Crippen MR) is 290 cm³/mol. The monoisotopic (exact) mass is 974 g/mol. The quantitative estimate of drug-likeness (QED) is 0.0261. The van der Waals surface area contributed by atoms with Gasteiger partial charge in [0.25, 0.3) is 0 Å². The Morgan fingerprint density at radius 3 is 1.22 bits per heavy atom. The summed E-state index contributed by atoms with van der Waals surface area (Å²) in [6.07, 6.45) is 59.1. The van der Waals surface area contributed by atoms with Crippen molar-refractivity contribution in [2.45, 2.75) is 314 Å². The van der Waals surface area contributed by atoms with Gasteiger partial charge in [-0.2, -0.15) is 0 Å². The summed E-state index contributed by atoms with van der Waals surface area (Å²) in [6, 6.07) is -0.827. The fourth-order valence-corrected chi connectivity index (χ4v) is 9.18. The topological polar surface area (TPSA) is 149 Å². The molecule has 1 aliphatic heterocycles. The number of carbonyl (C=O) groups is 1. The van der Waals surface area contributed by atoms with Gasteiger partial charge in [0.2, 0.25) is 5.91 Å². The molecule has 7 atom stereocenters. The molecule has 9 heteroatoms. The molecule has 9 nitrogen and oxygen atoms in total. The van der Waals surface area contributed by atoms with Crippen molar-refractivity contribution in [1.82, 2.24) is 5.32 Å². The summed E-state index contributed by atoms with van der Waals surface area (Å²) >= 11 is 0. The van der Waals surface area contributed by atoms with Crippen LogP contribution >= 0.6 is 0 Å². The highest BCUT2D eigenvalue weighted by molar-refractivity contribution is 5.76. The smallest absolute Gasteiger partial charge is 0.220 e. The van der Waals surface area contributed by atoms with Crippen LogP contribution in [0.1, 0.15) is 271 Å². The molecule has 69 heavy (non-hydrogen) atoms. The van der Waals surface area contributed by atoms with Crippen LogP contribution in [0.3, 0.4) is 0 Å². The number of rotatable bonds is 50. The fourth-order valence-electron chi connectivity index (χ4n) is 9.18. The van der Waals surface area contributed by atoms with Gasteiger partial charge < -0.3 is 40.3 Å². The second-order valence-electron chi connectivity index (χ2n) is 20.4. The molecule has 0 saturated carbocycles. The first kappa shape index (κ1) is 65.2. The van der Waals surface area contributed by atoms with E-state index in [9.17, 15) is 30.3 Å². The number of allylic oxidation sites excluding steroid dienone is 7. The van der Waals surface area contributed by atoms with Gasteiger partial charge in [-0.05, 0) is 70.6 Å². The average molecular weight is 975 g/mol. The highest BCUT2D eigenvalue weighted by Gasteiger charge is 2.44. The molecule has 0 aliphatic carbocycles. The summed E-state index contributed by atoms with van der Waals surface area (Å²) in [6.45, 7) is 3.76. The zero-order valence-corrected chi connectivity index (χ0v) is 44.8. The minimum Gasteiger partial charge on any atom is -0.394 e. The molecule has 1 saturated heterocycles. The molecule has 1 aliphatic rings. The van der Waals surface area contributed by atoms with E-state index in [4.69, 9.17) is 9.47 Å². The molecule has 0 bridgehead atoms. The van der Waals surface area contributed by atoms with Gasteiger partial charge in [0.15, 0.2) is 6.29 Å². The summed E-state index contributed by atoms with van der Waals surface area (Å²) in [7, 11) is 0. The van der Waals surface area contributed by atoms with Crippen molar-refractivity contribution < 1.29 is 39.8 Å². The van der Waals surface area contributed by atoms with E-state index in [1.807, 2.05) is 6.08 Å². The third-order valence-electron chi connectivity index (χ3n) is 13.9. The Hall–Kier alpha value is -1.85. The zero-order valence-electron chi connectivity index (χ0n) is 44.8. The van der Waals surface area contributed by atoms with Crippen LogP contribution in [0.2, 0.25) is 0 Å². The van der Waals surface area contributed by atoms with E-state index < -0.39 is 49.5 Å². The first-order chi connectivity index (χ1) is 33.8. The molecule has 0 spiro atoms. The van der Waals surface area contributed by atoms with Crippen LogP contribution in [-0.2, 0) is 14.3 Å². The molecule has 0 aromatic heterocycles. The average Bonchev–Trinajstić information content (AvgIpc) is 3.35. The van der Waals surface area contributed by atoms with E-state index in [0.717, 1.165) is 51.4 Å². The van der Waals surface area contributed by atoms with Gasteiger partial charge in [0, 0.05) is 6.42 Å². The summed E-state index contributed by atoms with van der Waals surface area (Å²) < 4.78 is 11.2. The van der Waals surface area contributed by atoms with Gasteiger partial charge >= 0.3 is 0 Å². The normalized spacial score (nSPS) is 19.8. The Bertz CT molecular complexity index is 1220. The molecule has 0 aromatic rings. The van der Waals surface area contributed by atoms with Crippen molar-refractivity contribution in [2.24, 2.45) is 0 Å².